The van der Waals surface area contributed by atoms with Crippen molar-refractivity contribution in [2.24, 2.45) is 0 Å². The molecule has 0 aliphatic rings. The lowest BCUT2D eigenvalue weighted by Crippen LogP contribution is -2.19. The van der Waals surface area contributed by atoms with Crippen molar-refractivity contribution in [2.75, 3.05) is 60.9 Å². The van der Waals surface area contributed by atoms with Gasteiger partial charge < -0.3 is 28.4 Å². The van der Waals surface area contributed by atoms with Gasteiger partial charge in [0.1, 0.15) is 26.4 Å². The molecular weight excluding hydrogens is 632 g/mol. The van der Waals surface area contributed by atoms with Crippen molar-refractivity contribution in [1.29, 1.82) is 0 Å². The van der Waals surface area contributed by atoms with Gasteiger partial charge in [-0.15, -0.1) is 0 Å². The van der Waals surface area contributed by atoms with Gasteiger partial charge in [0.15, 0.2) is 0 Å². The fraction of sp³-hybridized carbons (Fsp3) is 0.312. The Hall–Kier alpha value is -6.06. The number of aryl methyl sites for hydroxylation is 2. The number of carbonyl (C=O) groups excluding carboxylic acids is 6. The van der Waals surface area contributed by atoms with Gasteiger partial charge in [-0.3, -0.25) is 21.3 Å². The van der Waals surface area contributed by atoms with E-state index in [-0.39, 0.29) is 39.6 Å². The number of carbonyl (C=O) groups is 6. The summed E-state index contributed by atoms with van der Waals surface area (Å²) >= 11 is 0. The molecule has 0 spiro atoms. The molecule has 0 aliphatic heterocycles. The zero-order valence-corrected chi connectivity index (χ0v) is 26.6. The highest BCUT2D eigenvalue weighted by atomic mass is 16.6. The standard InChI is InChI=1S/C32H38N4O12/c1-5-27(37)43-15-17-47-31(41)35-25-19-23(11-9-21(25)3)33-29(39)45-13-7-8-14-46-30(40)34-24-12-10-22(4)26(20-24)36-32(42)48-18-16-44-28(38)6-2/h5-6,9-12,19-20H,1-2,7-8,13-18H2,3-4H3,(H,33,39)(H,34,40)(H,35,41)(H,36,42). The van der Waals surface area contributed by atoms with Crippen molar-refractivity contribution in [2.45, 2.75) is 26.7 Å². The lowest BCUT2D eigenvalue weighted by Gasteiger charge is -2.13. The maximum Gasteiger partial charge on any atom is 0.411 e. The Morgan fingerprint density at radius 3 is 1.23 bits per heavy atom. The Bertz CT molecular complexity index is 1370. The topological polar surface area (TPSA) is 206 Å². The first kappa shape index (κ1) is 38.1. The summed E-state index contributed by atoms with van der Waals surface area (Å²) in [7, 11) is 0. The molecule has 0 aliphatic carbocycles. The predicted octanol–water partition coefficient (Wildman–Crippen LogP) is 5.44. The average molecular weight is 671 g/mol. The molecule has 0 heterocycles. The van der Waals surface area contributed by atoms with Crippen LogP contribution in [0.3, 0.4) is 0 Å². The molecule has 4 N–H and O–H groups in total. The second kappa shape index (κ2) is 20.9. The molecular formula is C32H38N4O12. The van der Waals surface area contributed by atoms with Crippen LogP contribution in [0.4, 0.5) is 41.9 Å². The molecule has 0 bridgehead atoms. The monoisotopic (exact) mass is 670 g/mol. The van der Waals surface area contributed by atoms with Crippen molar-refractivity contribution in [1.82, 2.24) is 0 Å². The van der Waals surface area contributed by atoms with E-state index < -0.39 is 36.3 Å². The number of nitrogens with one attached hydrogen (secondary N) is 4. The normalized spacial score (nSPS) is 9.96. The Balaban J connectivity index is 1.66. The van der Waals surface area contributed by atoms with Crippen LogP contribution >= 0.6 is 0 Å². The molecule has 0 saturated heterocycles. The summed E-state index contributed by atoms with van der Waals surface area (Å²) in [6, 6.07) is 9.64. The lowest BCUT2D eigenvalue weighted by atomic mass is 10.2. The number of hydrogen-bond acceptors (Lipinski definition) is 12. The molecule has 0 unspecified atom stereocenters. The van der Waals surface area contributed by atoms with Crippen molar-refractivity contribution in [3.8, 4) is 0 Å². The molecule has 0 fully saturated rings. The zero-order chi connectivity index (χ0) is 35.3. The van der Waals surface area contributed by atoms with Gasteiger partial charge in [0.25, 0.3) is 0 Å². The summed E-state index contributed by atoms with van der Waals surface area (Å²) < 4.78 is 29.7. The number of ether oxygens (including phenoxy) is 6. The zero-order valence-electron chi connectivity index (χ0n) is 26.6. The Morgan fingerprint density at radius 2 is 0.854 bits per heavy atom. The molecule has 48 heavy (non-hydrogen) atoms. The maximum absolute atomic E-state index is 12.2. The van der Waals surface area contributed by atoms with E-state index >= 15 is 0 Å². The number of rotatable bonds is 17. The van der Waals surface area contributed by atoms with Crippen LogP contribution < -0.4 is 21.3 Å². The van der Waals surface area contributed by atoms with E-state index in [1.807, 2.05) is 0 Å². The number of hydrogen-bond donors (Lipinski definition) is 4. The van der Waals surface area contributed by atoms with Crippen LogP contribution in [0.25, 0.3) is 0 Å². The summed E-state index contributed by atoms with van der Waals surface area (Å²) in [6.45, 7) is 9.56. The van der Waals surface area contributed by atoms with Gasteiger partial charge in [-0.05, 0) is 62.1 Å². The highest BCUT2D eigenvalue weighted by Gasteiger charge is 2.12. The SMILES string of the molecule is C=CC(=O)OCCOC(=O)Nc1cc(NC(=O)OCCCCOC(=O)Nc2ccc(C)c(NC(=O)OCCOC(=O)C=C)c2)ccc1C. The highest BCUT2D eigenvalue weighted by molar-refractivity contribution is 5.91. The van der Waals surface area contributed by atoms with Crippen molar-refractivity contribution < 1.29 is 57.2 Å². The van der Waals surface area contributed by atoms with E-state index in [1.54, 1.807) is 38.1 Å². The minimum Gasteiger partial charge on any atom is -0.459 e. The first-order valence-corrected chi connectivity index (χ1v) is 14.6. The van der Waals surface area contributed by atoms with Crippen molar-refractivity contribution in [3.63, 3.8) is 0 Å². The highest BCUT2D eigenvalue weighted by Crippen LogP contribution is 2.22. The number of anilines is 4. The molecule has 0 radical (unpaired) electrons. The summed E-state index contributed by atoms with van der Waals surface area (Å²) in [5.41, 5.74) is 2.90. The summed E-state index contributed by atoms with van der Waals surface area (Å²) in [5.74, 6) is -1.26. The first-order valence-electron chi connectivity index (χ1n) is 14.6. The van der Waals surface area contributed by atoms with Gasteiger partial charge in [-0.2, -0.15) is 0 Å². The molecule has 0 saturated carbocycles. The minimum absolute atomic E-state index is 0.0519. The smallest absolute Gasteiger partial charge is 0.411 e. The number of amides is 4. The number of unbranched alkanes of at least 4 members (excludes halogenated alkanes) is 1. The van der Waals surface area contributed by atoms with E-state index in [0.29, 0.717) is 46.7 Å². The third-order valence-corrected chi connectivity index (χ3v) is 5.90. The molecule has 16 heteroatoms. The summed E-state index contributed by atoms with van der Waals surface area (Å²) in [4.78, 5) is 70.5. The lowest BCUT2D eigenvalue weighted by molar-refractivity contribution is -0.139. The Labute approximate surface area is 276 Å². The van der Waals surface area contributed by atoms with Crippen LogP contribution in [0, 0.1) is 13.8 Å². The maximum atomic E-state index is 12.2. The van der Waals surface area contributed by atoms with E-state index in [4.69, 9.17) is 28.4 Å². The fourth-order valence-corrected chi connectivity index (χ4v) is 3.47. The van der Waals surface area contributed by atoms with Gasteiger partial charge in [0.05, 0.1) is 13.2 Å². The van der Waals surface area contributed by atoms with Crippen LogP contribution in [0.5, 0.6) is 0 Å². The molecule has 258 valence electrons. The fourth-order valence-electron chi connectivity index (χ4n) is 3.47. The molecule has 0 atom stereocenters. The Morgan fingerprint density at radius 1 is 0.521 bits per heavy atom. The van der Waals surface area contributed by atoms with Crippen molar-refractivity contribution in [3.05, 3.63) is 72.8 Å². The first-order chi connectivity index (χ1) is 23.0. The van der Waals surface area contributed by atoms with Gasteiger partial charge in [-0.1, -0.05) is 25.3 Å². The van der Waals surface area contributed by atoms with E-state index in [1.165, 1.54) is 12.1 Å². The third kappa shape index (κ3) is 15.3. The molecule has 2 aromatic rings. The molecule has 16 nitrogen and oxygen atoms in total. The largest absolute Gasteiger partial charge is 0.459 e. The molecule has 4 amide bonds. The van der Waals surface area contributed by atoms with Gasteiger partial charge in [-0.25, -0.2) is 28.8 Å². The van der Waals surface area contributed by atoms with E-state index in [2.05, 4.69) is 34.4 Å². The molecule has 2 aromatic carbocycles. The summed E-state index contributed by atoms with van der Waals surface area (Å²) in [6.07, 6.45) is -0.192. The van der Waals surface area contributed by atoms with Crippen LogP contribution in [-0.2, 0) is 38.0 Å². The number of esters is 2. The van der Waals surface area contributed by atoms with Crippen molar-refractivity contribution >= 4 is 59.1 Å². The molecule has 2 rings (SSSR count). The third-order valence-electron chi connectivity index (χ3n) is 5.90. The van der Waals surface area contributed by atoms with Gasteiger partial charge in [0.2, 0.25) is 0 Å². The predicted molar refractivity (Wildman–Crippen MR) is 174 cm³/mol. The Kier molecular flexibility index (Phi) is 16.6. The quantitative estimate of drug-likeness (QED) is 0.0719. The average Bonchev–Trinajstić information content (AvgIpc) is 3.05. The summed E-state index contributed by atoms with van der Waals surface area (Å²) in [5, 5.41) is 10.2. The molecule has 0 aromatic heterocycles. The van der Waals surface area contributed by atoms with Crippen LogP contribution in [0.15, 0.2) is 61.7 Å². The number of benzene rings is 2. The minimum atomic E-state index is -0.774. The van der Waals surface area contributed by atoms with Gasteiger partial charge >= 0.3 is 36.3 Å². The second-order valence-electron chi connectivity index (χ2n) is 9.55. The van der Waals surface area contributed by atoms with E-state index in [9.17, 15) is 28.8 Å². The van der Waals surface area contributed by atoms with Crippen LogP contribution in [0.2, 0.25) is 0 Å². The van der Waals surface area contributed by atoms with E-state index in [0.717, 1.165) is 12.2 Å². The second-order valence-corrected chi connectivity index (χ2v) is 9.55. The van der Waals surface area contributed by atoms with Crippen LogP contribution in [-0.4, -0.2) is 76.0 Å². The van der Waals surface area contributed by atoms with Gasteiger partial charge in [0, 0.05) is 34.9 Å². The van der Waals surface area contributed by atoms with Crippen LogP contribution in [0.1, 0.15) is 24.0 Å².